The van der Waals surface area contributed by atoms with Crippen molar-refractivity contribution in [3.05, 3.63) is 21.7 Å². The van der Waals surface area contributed by atoms with E-state index >= 15 is 0 Å². The molecule has 3 aliphatic rings. The SMILES string of the molecule is Nc1nc(/C(=N/O)C(=O)NC2C(=O)N3C(C(=O)O)=C(SCC4CCCO4)CS[C@@H]23)cs1. The number of aliphatic carboxylic acids is 1. The Balaban J connectivity index is 1.45. The number of β-lactam (4-membered cyclic amide) rings is 1. The van der Waals surface area contributed by atoms with Crippen molar-refractivity contribution in [2.24, 2.45) is 5.16 Å². The molecule has 0 aliphatic carbocycles. The number of amides is 2. The van der Waals surface area contributed by atoms with Gasteiger partial charge >= 0.3 is 5.97 Å². The second kappa shape index (κ2) is 9.06. The minimum Gasteiger partial charge on any atom is -0.477 e. The molecule has 166 valence electrons. The highest BCUT2D eigenvalue weighted by molar-refractivity contribution is 8.06. The molecule has 31 heavy (non-hydrogen) atoms. The first-order chi connectivity index (χ1) is 14.9. The molecule has 0 saturated carbocycles. The summed E-state index contributed by atoms with van der Waals surface area (Å²) in [7, 11) is 0. The molecule has 4 rings (SSSR count). The third-order valence-electron chi connectivity index (χ3n) is 4.97. The summed E-state index contributed by atoms with van der Waals surface area (Å²) in [6, 6.07) is -0.940. The number of thioether (sulfide) groups is 2. The van der Waals surface area contributed by atoms with Crippen LogP contribution in [0.15, 0.2) is 21.1 Å². The van der Waals surface area contributed by atoms with Gasteiger partial charge in [-0.3, -0.25) is 14.5 Å². The van der Waals surface area contributed by atoms with Crippen LogP contribution in [0.4, 0.5) is 5.13 Å². The number of nitrogen functional groups attached to an aromatic ring is 1. The van der Waals surface area contributed by atoms with E-state index in [0.717, 1.165) is 24.2 Å². The molecule has 2 amide bonds. The Labute approximate surface area is 189 Å². The number of carboxylic acids is 1. The molecule has 3 atom stereocenters. The number of nitrogens with zero attached hydrogens (tertiary/aromatic N) is 3. The number of carbonyl (C=O) groups is 3. The van der Waals surface area contributed by atoms with Gasteiger partial charge in [-0.05, 0) is 12.8 Å². The van der Waals surface area contributed by atoms with Gasteiger partial charge in [0.15, 0.2) is 10.8 Å². The van der Waals surface area contributed by atoms with Crippen LogP contribution >= 0.6 is 34.9 Å². The molecule has 1 aromatic rings. The maximum atomic E-state index is 12.7. The number of carbonyl (C=O) groups excluding carboxylic acids is 2. The van der Waals surface area contributed by atoms with Gasteiger partial charge in [0.2, 0.25) is 0 Å². The zero-order valence-electron chi connectivity index (χ0n) is 16.0. The Bertz CT molecular complexity index is 973. The third kappa shape index (κ3) is 4.24. The van der Waals surface area contributed by atoms with E-state index in [1.807, 2.05) is 0 Å². The number of hydrogen-bond acceptors (Lipinski definition) is 11. The normalized spacial score (nSPS) is 25.9. The van der Waals surface area contributed by atoms with Crippen molar-refractivity contribution in [3.63, 3.8) is 0 Å². The Hall–Kier alpha value is -2.29. The Morgan fingerprint density at radius 2 is 2.29 bits per heavy atom. The summed E-state index contributed by atoms with van der Waals surface area (Å²) in [5.41, 5.74) is 5.21. The molecule has 11 nitrogen and oxygen atoms in total. The number of oxime groups is 1. The van der Waals surface area contributed by atoms with Crippen LogP contribution in [0.25, 0.3) is 0 Å². The number of fused-ring (bicyclic) bond motifs is 1. The summed E-state index contributed by atoms with van der Waals surface area (Å²) in [4.78, 5) is 42.9. The number of thiazole rings is 1. The zero-order chi connectivity index (χ0) is 22.1. The zero-order valence-corrected chi connectivity index (χ0v) is 18.5. The number of nitrogens with two attached hydrogens (primary N) is 1. The van der Waals surface area contributed by atoms with Crippen LogP contribution in [-0.2, 0) is 19.1 Å². The fourth-order valence-electron chi connectivity index (χ4n) is 3.49. The van der Waals surface area contributed by atoms with E-state index in [4.69, 9.17) is 10.5 Å². The van der Waals surface area contributed by atoms with E-state index < -0.39 is 29.2 Å². The van der Waals surface area contributed by atoms with E-state index in [2.05, 4.69) is 15.5 Å². The van der Waals surface area contributed by atoms with E-state index in [1.54, 1.807) is 0 Å². The Morgan fingerprint density at radius 1 is 1.48 bits per heavy atom. The molecule has 5 N–H and O–H groups in total. The van der Waals surface area contributed by atoms with Crippen LogP contribution in [0.5, 0.6) is 0 Å². The molecule has 0 radical (unpaired) electrons. The fraction of sp³-hybridized carbons (Fsp3) is 0.471. The number of aromatic nitrogens is 1. The molecule has 1 aromatic heterocycles. The van der Waals surface area contributed by atoms with Crippen molar-refractivity contribution in [2.75, 3.05) is 23.8 Å². The van der Waals surface area contributed by atoms with Crippen molar-refractivity contribution in [1.29, 1.82) is 0 Å². The average Bonchev–Trinajstić information content (AvgIpc) is 3.42. The largest absolute Gasteiger partial charge is 0.477 e. The first kappa shape index (κ1) is 21.9. The minimum absolute atomic E-state index is 0.0504. The molecule has 2 fully saturated rings. The molecular formula is C17H19N5O6S3. The van der Waals surface area contributed by atoms with Gasteiger partial charge in [-0.1, -0.05) is 5.16 Å². The molecule has 14 heteroatoms. The highest BCUT2D eigenvalue weighted by Crippen LogP contribution is 2.43. The van der Waals surface area contributed by atoms with E-state index in [9.17, 15) is 24.7 Å². The molecule has 0 bridgehead atoms. The van der Waals surface area contributed by atoms with Gasteiger partial charge in [0, 0.05) is 28.4 Å². The quantitative estimate of drug-likeness (QED) is 0.185. The highest BCUT2D eigenvalue weighted by atomic mass is 32.2. The van der Waals surface area contributed by atoms with E-state index in [-0.39, 0.29) is 28.3 Å². The second-order valence-electron chi connectivity index (χ2n) is 6.90. The number of ether oxygens (including phenoxy) is 1. The average molecular weight is 486 g/mol. The lowest BCUT2D eigenvalue weighted by Gasteiger charge is -2.49. The summed E-state index contributed by atoms with van der Waals surface area (Å²) in [6.07, 6.45) is 2.02. The topological polar surface area (TPSA) is 167 Å². The molecule has 0 spiro atoms. The van der Waals surface area contributed by atoms with Crippen molar-refractivity contribution in [3.8, 4) is 0 Å². The van der Waals surface area contributed by atoms with E-state index in [0.29, 0.717) is 23.0 Å². The van der Waals surface area contributed by atoms with Crippen LogP contribution in [-0.4, -0.2) is 79.3 Å². The van der Waals surface area contributed by atoms with Gasteiger partial charge in [-0.25, -0.2) is 9.78 Å². The maximum Gasteiger partial charge on any atom is 0.353 e. The molecule has 2 unspecified atom stereocenters. The number of nitrogens with one attached hydrogen (secondary N) is 1. The number of anilines is 1. The number of rotatable bonds is 7. The molecule has 2 saturated heterocycles. The summed E-state index contributed by atoms with van der Waals surface area (Å²) in [6.45, 7) is 0.714. The van der Waals surface area contributed by atoms with Gasteiger partial charge in [-0.2, -0.15) is 0 Å². The van der Waals surface area contributed by atoms with Crippen LogP contribution in [0.3, 0.4) is 0 Å². The van der Waals surface area contributed by atoms with Crippen molar-refractivity contribution in [2.45, 2.75) is 30.4 Å². The Morgan fingerprint density at radius 3 is 2.90 bits per heavy atom. The van der Waals surface area contributed by atoms with Crippen LogP contribution in [0, 0.1) is 0 Å². The first-order valence-corrected chi connectivity index (χ1v) is 12.2. The smallest absolute Gasteiger partial charge is 0.353 e. The fourth-order valence-corrected chi connectivity index (χ4v) is 6.74. The van der Waals surface area contributed by atoms with Gasteiger partial charge in [0.1, 0.15) is 22.8 Å². The van der Waals surface area contributed by atoms with E-state index in [1.165, 1.54) is 33.8 Å². The number of hydrogen-bond donors (Lipinski definition) is 4. The summed E-state index contributed by atoms with van der Waals surface area (Å²) in [5, 5.41) is 25.5. The predicted octanol–water partition coefficient (Wildman–Crippen LogP) is 0.512. The Kier molecular flexibility index (Phi) is 6.41. The lowest BCUT2D eigenvalue weighted by molar-refractivity contribution is -0.150. The first-order valence-electron chi connectivity index (χ1n) is 9.30. The monoisotopic (exact) mass is 485 g/mol. The van der Waals surface area contributed by atoms with Gasteiger partial charge in [0.25, 0.3) is 11.8 Å². The lowest BCUT2D eigenvalue weighted by atomic mass is 10.0. The summed E-state index contributed by atoms with van der Waals surface area (Å²) < 4.78 is 5.59. The van der Waals surface area contributed by atoms with Crippen molar-refractivity contribution < 1.29 is 29.4 Å². The second-order valence-corrected chi connectivity index (χ2v) is 10.0. The van der Waals surface area contributed by atoms with Gasteiger partial charge < -0.3 is 26.1 Å². The van der Waals surface area contributed by atoms with Crippen molar-refractivity contribution in [1.82, 2.24) is 15.2 Å². The third-order valence-corrected chi connectivity index (χ3v) is 8.33. The van der Waals surface area contributed by atoms with Gasteiger partial charge in [0.05, 0.1) is 6.10 Å². The molecule has 3 aliphatic heterocycles. The van der Waals surface area contributed by atoms with Crippen LogP contribution < -0.4 is 11.1 Å². The van der Waals surface area contributed by atoms with Crippen LogP contribution in [0.1, 0.15) is 18.5 Å². The van der Waals surface area contributed by atoms with Gasteiger partial charge in [-0.15, -0.1) is 34.9 Å². The molecule has 0 aromatic carbocycles. The molecule has 4 heterocycles. The lowest BCUT2D eigenvalue weighted by Crippen LogP contribution is -2.71. The maximum absolute atomic E-state index is 12.7. The predicted molar refractivity (Wildman–Crippen MR) is 116 cm³/mol. The standard InChI is InChI=1S/C17H19N5O6S3/c18-17-19-8(5-31-17)10(21-27)13(23)20-11-14(24)22-12(16(25)26)9(6-30-15(11)22)29-4-7-2-1-3-28-7/h5,7,11,15,27H,1-4,6H2,(H2,18,19)(H,20,23)(H,25,26)/b21-10-/t7?,11?,15-/m0/s1. The summed E-state index contributed by atoms with van der Waals surface area (Å²) in [5.74, 6) is -1.48. The minimum atomic E-state index is -1.19. The highest BCUT2D eigenvalue weighted by Gasteiger charge is 2.54. The van der Waals surface area contributed by atoms with Crippen molar-refractivity contribution >= 4 is 63.5 Å². The van der Waals surface area contributed by atoms with Crippen LogP contribution in [0.2, 0.25) is 0 Å². The molecular weight excluding hydrogens is 466 g/mol. The number of carboxylic acid groups (broad SMARTS) is 1. The summed E-state index contributed by atoms with van der Waals surface area (Å²) >= 11 is 3.84.